The van der Waals surface area contributed by atoms with Crippen molar-refractivity contribution in [2.45, 2.75) is 24.7 Å². The normalized spacial score (nSPS) is 18.2. The number of imidazole rings is 1. The van der Waals surface area contributed by atoms with Crippen LogP contribution in [-0.4, -0.2) is 56.1 Å². The Morgan fingerprint density at radius 2 is 2.03 bits per heavy atom. The fourth-order valence-corrected chi connectivity index (χ4v) is 3.58. The van der Waals surface area contributed by atoms with Gasteiger partial charge in [-0.15, -0.1) is 11.3 Å². The molecule has 0 radical (unpaired) electrons. The summed E-state index contributed by atoms with van der Waals surface area (Å²) in [5.41, 5.74) is 1.84. The summed E-state index contributed by atoms with van der Waals surface area (Å²) in [6.07, 6.45) is 0.688. The van der Waals surface area contributed by atoms with Crippen molar-refractivity contribution in [2.24, 2.45) is 0 Å². The lowest BCUT2D eigenvalue weighted by molar-refractivity contribution is -0.138. The molecule has 12 heteroatoms. The summed E-state index contributed by atoms with van der Waals surface area (Å²) in [5, 5.41) is 16.1. The van der Waals surface area contributed by atoms with Gasteiger partial charge in [0.25, 0.3) is 5.91 Å². The third-order valence-electron chi connectivity index (χ3n) is 4.48. The number of thiazole rings is 1. The SMILES string of the molecule is O=C(Nc1nc(-c2ccc(F)cc2)cs1)[C@H](Cc1cnc[nH]1)NC(=O)[C@@H]1O[C@H]1C(=O)O. The predicted octanol–water partition coefficient (Wildman–Crippen LogP) is 1.19. The smallest absolute Gasteiger partial charge is 0.336 e. The number of anilines is 1. The van der Waals surface area contributed by atoms with E-state index in [4.69, 9.17) is 9.84 Å². The van der Waals surface area contributed by atoms with E-state index in [9.17, 15) is 18.8 Å². The van der Waals surface area contributed by atoms with Crippen LogP contribution < -0.4 is 10.6 Å². The lowest BCUT2D eigenvalue weighted by Crippen LogP contribution is -2.47. The first-order valence-electron chi connectivity index (χ1n) is 9.09. The van der Waals surface area contributed by atoms with Gasteiger partial charge in [0, 0.05) is 29.3 Å². The first-order valence-corrected chi connectivity index (χ1v) is 9.97. The molecular weight excluding hydrogens is 429 g/mol. The quantitative estimate of drug-likeness (QED) is 0.380. The van der Waals surface area contributed by atoms with E-state index in [1.165, 1.54) is 36.0 Å². The van der Waals surface area contributed by atoms with E-state index in [1.54, 1.807) is 17.5 Å². The molecule has 2 amide bonds. The van der Waals surface area contributed by atoms with Crippen LogP contribution in [0.5, 0.6) is 0 Å². The minimum Gasteiger partial charge on any atom is -0.479 e. The van der Waals surface area contributed by atoms with Gasteiger partial charge in [-0.25, -0.2) is 19.2 Å². The van der Waals surface area contributed by atoms with E-state index in [1.807, 2.05) is 0 Å². The number of aromatic nitrogens is 3. The average molecular weight is 445 g/mol. The Morgan fingerprint density at radius 1 is 1.26 bits per heavy atom. The maximum Gasteiger partial charge on any atom is 0.336 e. The molecular formula is C19H16FN5O5S. The van der Waals surface area contributed by atoms with Gasteiger partial charge in [-0.3, -0.25) is 9.59 Å². The predicted molar refractivity (Wildman–Crippen MR) is 107 cm³/mol. The van der Waals surface area contributed by atoms with Crippen molar-refractivity contribution in [3.05, 3.63) is 53.7 Å². The lowest BCUT2D eigenvalue weighted by Gasteiger charge is -2.16. The third kappa shape index (κ3) is 4.92. The molecule has 10 nitrogen and oxygen atoms in total. The number of rotatable bonds is 8. The molecule has 1 fully saturated rings. The zero-order chi connectivity index (χ0) is 22.0. The maximum absolute atomic E-state index is 13.1. The first-order chi connectivity index (χ1) is 14.9. The van der Waals surface area contributed by atoms with Gasteiger partial charge in [-0.1, -0.05) is 0 Å². The second kappa shape index (κ2) is 8.62. The lowest BCUT2D eigenvalue weighted by atomic mass is 10.1. The number of H-pyrrole nitrogens is 1. The van der Waals surface area contributed by atoms with Crippen LogP contribution in [0.4, 0.5) is 9.52 Å². The average Bonchev–Trinajstić information content (AvgIpc) is 3.15. The molecule has 0 bridgehead atoms. The van der Waals surface area contributed by atoms with Crippen molar-refractivity contribution in [1.29, 1.82) is 0 Å². The van der Waals surface area contributed by atoms with Crippen LogP contribution in [-0.2, 0) is 25.5 Å². The monoisotopic (exact) mass is 445 g/mol. The van der Waals surface area contributed by atoms with E-state index in [-0.39, 0.29) is 12.2 Å². The molecule has 2 aromatic heterocycles. The van der Waals surface area contributed by atoms with Crippen LogP contribution in [0.1, 0.15) is 5.69 Å². The minimum atomic E-state index is -1.24. The molecule has 1 aliphatic heterocycles. The number of amides is 2. The number of hydrogen-bond acceptors (Lipinski definition) is 7. The van der Waals surface area contributed by atoms with Crippen LogP contribution in [0, 0.1) is 5.82 Å². The number of hydrogen-bond donors (Lipinski definition) is 4. The summed E-state index contributed by atoms with van der Waals surface area (Å²) in [4.78, 5) is 47.1. The molecule has 0 spiro atoms. The zero-order valence-corrected chi connectivity index (χ0v) is 16.6. The molecule has 31 heavy (non-hydrogen) atoms. The van der Waals surface area contributed by atoms with Crippen molar-refractivity contribution in [2.75, 3.05) is 5.32 Å². The van der Waals surface area contributed by atoms with E-state index < -0.39 is 36.0 Å². The number of carboxylic acids is 1. The van der Waals surface area contributed by atoms with Gasteiger partial charge in [-0.05, 0) is 24.3 Å². The number of carbonyl (C=O) groups excluding carboxylic acids is 2. The van der Waals surface area contributed by atoms with E-state index in [2.05, 4.69) is 25.6 Å². The molecule has 160 valence electrons. The maximum atomic E-state index is 13.1. The van der Waals surface area contributed by atoms with Gasteiger partial charge in [0.2, 0.25) is 5.91 Å². The van der Waals surface area contributed by atoms with Gasteiger partial charge in [0.15, 0.2) is 17.3 Å². The highest BCUT2D eigenvalue weighted by Crippen LogP contribution is 2.26. The summed E-state index contributed by atoms with van der Waals surface area (Å²) < 4.78 is 17.9. The fraction of sp³-hybridized carbons (Fsp3) is 0.211. The van der Waals surface area contributed by atoms with E-state index >= 15 is 0 Å². The Balaban J connectivity index is 1.45. The molecule has 4 rings (SSSR count). The summed E-state index contributed by atoms with van der Waals surface area (Å²) in [6.45, 7) is 0. The van der Waals surface area contributed by atoms with Crippen molar-refractivity contribution in [3.8, 4) is 11.3 Å². The number of nitrogens with zero attached hydrogens (tertiary/aromatic N) is 2. The fourth-order valence-electron chi connectivity index (χ4n) is 2.86. The highest BCUT2D eigenvalue weighted by molar-refractivity contribution is 7.14. The highest BCUT2D eigenvalue weighted by Gasteiger charge is 2.51. The Bertz CT molecular complexity index is 1100. The molecule has 4 N–H and O–H groups in total. The molecule has 1 aromatic carbocycles. The second-order valence-corrected chi connectivity index (χ2v) is 7.55. The molecule has 3 heterocycles. The van der Waals surface area contributed by atoms with Crippen LogP contribution in [0.3, 0.4) is 0 Å². The highest BCUT2D eigenvalue weighted by atomic mass is 32.1. The van der Waals surface area contributed by atoms with Crippen molar-refractivity contribution < 1.29 is 28.6 Å². The first kappa shape index (κ1) is 20.6. The van der Waals surface area contributed by atoms with E-state index in [0.29, 0.717) is 22.1 Å². The summed E-state index contributed by atoms with van der Waals surface area (Å²) in [6, 6.07) is 4.75. The van der Waals surface area contributed by atoms with Gasteiger partial charge < -0.3 is 25.5 Å². The standard InChI is InChI=1S/C19H16FN5O5S/c20-10-3-1-9(2-4-10)13-7-31-19(24-13)25-16(26)12(5-11-6-21-8-22-11)23-17(27)14-15(30-14)18(28)29/h1-4,6-8,12,14-15H,5H2,(H,21,22)(H,23,27)(H,28,29)(H,24,25,26)/t12-,14+,15+/m0/s1. The summed E-state index contributed by atoms with van der Waals surface area (Å²) in [5.74, 6) is -2.85. The van der Waals surface area contributed by atoms with Gasteiger partial charge in [-0.2, -0.15) is 0 Å². The van der Waals surface area contributed by atoms with Gasteiger partial charge >= 0.3 is 5.97 Å². The Labute approximate surface area is 178 Å². The van der Waals surface area contributed by atoms with Crippen LogP contribution in [0.15, 0.2) is 42.2 Å². The molecule has 0 unspecified atom stereocenters. The Kier molecular flexibility index (Phi) is 5.73. The number of carboxylic acid groups (broad SMARTS) is 1. The molecule has 0 aliphatic carbocycles. The summed E-state index contributed by atoms with van der Waals surface area (Å²) >= 11 is 1.17. The number of ether oxygens (including phenoxy) is 1. The molecule has 1 aliphatic rings. The van der Waals surface area contributed by atoms with E-state index in [0.717, 1.165) is 0 Å². The topological polar surface area (TPSA) is 150 Å². The van der Waals surface area contributed by atoms with Crippen LogP contribution in [0.2, 0.25) is 0 Å². The number of halogens is 1. The van der Waals surface area contributed by atoms with Crippen molar-refractivity contribution in [1.82, 2.24) is 20.3 Å². The van der Waals surface area contributed by atoms with Crippen molar-refractivity contribution in [3.63, 3.8) is 0 Å². The summed E-state index contributed by atoms with van der Waals surface area (Å²) in [7, 11) is 0. The van der Waals surface area contributed by atoms with Crippen molar-refractivity contribution >= 4 is 34.3 Å². The molecule has 0 saturated carbocycles. The number of benzene rings is 1. The largest absolute Gasteiger partial charge is 0.479 e. The second-order valence-electron chi connectivity index (χ2n) is 6.69. The number of aromatic amines is 1. The number of epoxide rings is 1. The number of carbonyl (C=O) groups is 3. The zero-order valence-electron chi connectivity index (χ0n) is 15.7. The molecule has 1 saturated heterocycles. The molecule has 3 aromatic rings. The van der Waals surface area contributed by atoms with Crippen LogP contribution >= 0.6 is 11.3 Å². The molecule has 3 atom stereocenters. The Morgan fingerprint density at radius 3 is 2.68 bits per heavy atom. The van der Waals surface area contributed by atoms with Crippen LogP contribution in [0.25, 0.3) is 11.3 Å². The minimum absolute atomic E-state index is 0.0955. The van der Waals surface area contributed by atoms with Gasteiger partial charge in [0.1, 0.15) is 11.9 Å². The third-order valence-corrected chi connectivity index (χ3v) is 5.24. The number of aliphatic carboxylic acids is 1. The van der Waals surface area contributed by atoms with Gasteiger partial charge in [0.05, 0.1) is 12.0 Å². The number of nitrogens with one attached hydrogen (secondary N) is 3. The Hall–Kier alpha value is -3.64.